The van der Waals surface area contributed by atoms with Crippen LogP contribution in [0, 0.1) is 0 Å². The molecule has 6 nitrogen and oxygen atoms in total. The summed E-state index contributed by atoms with van der Waals surface area (Å²) in [5.41, 5.74) is 0. The molecular weight excluding hydrogens is 865 g/mol. The molecule has 0 aliphatic rings. The van der Waals surface area contributed by atoms with Crippen LogP contribution in [-0.2, 0) is 28.6 Å². The number of carbonyl (C=O) groups excluding carboxylic acids is 3. The minimum Gasteiger partial charge on any atom is -0.462 e. The Hall–Kier alpha value is -3.15. The van der Waals surface area contributed by atoms with Crippen LogP contribution in [0.15, 0.2) is 72.9 Å². The van der Waals surface area contributed by atoms with E-state index in [-0.39, 0.29) is 31.1 Å². The van der Waals surface area contributed by atoms with Crippen LogP contribution in [0.4, 0.5) is 0 Å². The minimum atomic E-state index is -0.782. The molecule has 6 heteroatoms. The lowest BCUT2D eigenvalue weighted by molar-refractivity contribution is -0.167. The zero-order valence-electron chi connectivity index (χ0n) is 46.3. The molecule has 0 N–H and O–H groups in total. The van der Waals surface area contributed by atoms with Gasteiger partial charge in [0.25, 0.3) is 0 Å². The van der Waals surface area contributed by atoms with Gasteiger partial charge in [0, 0.05) is 19.3 Å². The molecule has 1 atom stereocenters. The van der Waals surface area contributed by atoms with Crippen LogP contribution < -0.4 is 0 Å². The van der Waals surface area contributed by atoms with Crippen molar-refractivity contribution < 1.29 is 28.6 Å². The van der Waals surface area contributed by atoms with Gasteiger partial charge in [0.15, 0.2) is 6.10 Å². The number of hydrogen-bond acceptors (Lipinski definition) is 6. The fourth-order valence-corrected chi connectivity index (χ4v) is 8.47. The molecule has 70 heavy (non-hydrogen) atoms. The van der Waals surface area contributed by atoms with Crippen molar-refractivity contribution in [1.82, 2.24) is 0 Å². The lowest BCUT2D eigenvalue weighted by Crippen LogP contribution is -2.30. The Kier molecular flexibility index (Phi) is 55.8. The van der Waals surface area contributed by atoms with Crippen LogP contribution in [0.1, 0.15) is 297 Å². The molecule has 0 rings (SSSR count). The number of allylic oxidation sites excluding steroid dienone is 12. The van der Waals surface area contributed by atoms with Gasteiger partial charge in [-0.15, -0.1) is 0 Å². The number of hydrogen-bond donors (Lipinski definition) is 0. The van der Waals surface area contributed by atoms with Crippen molar-refractivity contribution in [2.75, 3.05) is 13.2 Å². The van der Waals surface area contributed by atoms with Crippen molar-refractivity contribution in [2.24, 2.45) is 0 Å². The molecule has 1 unspecified atom stereocenters. The second kappa shape index (κ2) is 58.4. The maximum Gasteiger partial charge on any atom is 0.306 e. The second-order valence-corrected chi connectivity index (χ2v) is 19.9. The molecule has 0 heterocycles. The molecular formula is C64H112O6. The first-order valence-electron chi connectivity index (χ1n) is 29.9. The van der Waals surface area contributed by atoms with E-state index in [1.807, 2.05) is 0 Å². The molecule has 404 valence electrons. The molecule has 0 aliphatic carbocycles. The molecule has 0 amide bonds. The van der Waals surface area contributed by atoms with Crippen LogP contribution in [0.3, 0.4) is 0 Å². The Morgan fingerprint density at radius 1 is 0.300 bits per heavy atom. The second-order valence-electron chi connectivity index (χ2n) is 19.9. The molecule has 0 saturated carbocycles. The van der Waals surface area contributed by atoms with Crippen molar-refractivity contribution in [2.45, 2.75) is 303 Å². The van der Waals surface area contributed by atoms with Crippen molar-refractivity contribution in [1.29, 1.82) is 0 Å². The Balaban J connectivity index is 4.35. The standard InChI is InChI=1S/C64H112O6/c1-4-7-10-13-16-19-22-25-27-29-30-31-32-33-34-35-37-39-42-45-48-51-54-57-63(66)69-60-61(59-68-62(65)56-53-50-47-44-41-38-24-21-18-15-12-9-6-3)70-64(67)58-55-52-49-46-43-40-36-28-26-23-20-17-14-11-8-5-2/h7,10,16,19,21,24-25,27,30-31,33-34,61H,4-6,8-9,11-15,17-18,20,22-23,26,28-29,32,35-60H2,1-3H3/b10-7-,19-16-,24-21-,27-25-,31-30-,34-33-. The number of unbranched alkanes of at least 4 members (excludes halogenated alkanes) is 31. The molecule has 0 aromatic heterocycles. The number of rotatable bonds is 54. The smallest absolute Gasteiger partial charge is 0.306 e. The first-order chi connectivity index (χ1) is 34.5. The van der Waals surface area contributed by atoms with E-state index in [2.05, 4.69) is 93.7 Å². The van der Waals surface area contributed by atoms with Crippen molar-refractivity contribution in [3.8, 4) is 0 Å². The maximum atomic E-state index is 12.9. The zero-order valence-corrected chi connectivity index (χ0v) is 46.3. The van der Waals surface area contributed by atoms with Gasteiger partial charge in [-0.25, -0.2) is 0 Å². The summed E-state index contributed by atoms with van der Waals surface area (Å²) in [5, 5.41) is 0. The number of esters is 3. The first-order valence-corrected chi connectivity index (χ1v) is 29.9. The fourth-order valence-electron chi connectivity index (χ4n) is 8.47. The van der Waals surface area contributed by atoms with Crippen LogP contribution >= 0.6 is 0 Å². The third-order valence-electron chi connectivity index (χ3n) is 12.9. The average Bonchev–Trinajstić information content (AvgIpc) is 3.36. The van der Waals surface area contributed by atoms with Crippen molar-refractivity contribution in [3.63, 3.8) is 0 Å². The summed E-state index contributed by atoms with van der Waals surface area (Å²) in [4.78, 5) is 38.2. The first kappa shape index (κ1) is 66.9. The summed E-state index contributed by atoms with van der Waals surface area (Å²) < 4.78 is 16.9. The maximum absolute atomic E-state index is 12.9. The van der Waals surface area contributed by atoms with Crippen LogP contribution in [0.25, 0.3) is 0 Å². The van der Waals surface area contributed by atoms with E-state index in [9.17, 15) is 14.4 Å². The van der Waals surface area contributed by atoms with E-state index >= 15 is 0 Å². The highest BCUT2D eigenvalue weighted by atomic mass is 16.6. The lowest BCUT2D eigenvalue weighted by atomic mass is 10.0. The Morgan fingerprint density at radius 2 is 0.557 bits per heavy atom. The predicted molar refractivity (Wildman–Crippen MR) is 302 cm³/mol. The molecule has 0 saturated heterocycles. The molecule has 0 fully saturated rings. The zero-order chi connectivity index (χ0) is 50.7. The molecule has 0 bridgehead atoms. The number of carbonyl (C=O) groups is 3. The van der Waals surface area contributed by atoms with E-state index in [0.717, 1.165) is 103 Å². The topological polar surface area (TPSA) is 78.9 Å². The van der Waals surface area contributed by atoms with Crippen LogP contribution in [-0.4, -0.2) is 37.2 Å². The summed E-state index contributed by atoms with van der Waals surface area (Å²) in [6.07, 6.45) is 74.6. The predicted octanol–water partition coefficient (Wildman–Crippen LogP) is 20.2. The van der Waals surface area contributed by atoms with Crippen molar-refractivity contribution in [3.05, 3.63) is 72.9 Å². The normalized spacial score (nSPS) is 12.6. The van der Waals surface area contributed by atoms with Gasteiger partial charge in [-0.2, -0.15) is 0 Å². The van der Waals surface area contributed by atoms with Gasteiger partial charge in [0.1, 0.15) is 13.2 Å². The highest BCUT2D eigenvalue weighted by Crippen LogP contribution is 2.16. The molecule has 0 aliphatic heterocycles. The Bertz CT molecular complexity index is 1310. The molecule has 0 aromatic carbocycles. The highest BCUT2D eigenvalue weighted by molar-refractivity contribution is 5.71. The largest absolute Gasteiger partial charge is 0.462 e. The average molecular weight is 978 g/mol. The van der Waals surface area contributed by atoms with Gasteiger partial charge in [-0.05, 0) is 89.9 Å². The van der Waals surface area contributed by atoms with E-state index in [1.165, 1.54) is 154 Å². The van der Waals surface area contributed by atoms with E-state index in [1.54, 1.807) is 0 Å². The quantitative estimate of drug-likeness (QED) is 0.0261. The summed E-state index contributed by atoms with van der Waals surface area (Å²) in [6, 6.07) is 0. The van der Waals surface area contributed by atoms with Gasteiger partial charge in [-0.3, -0.25) is 14.4 Å². The minimum absolute atomic E-state index is 0.0807. The molecule has 0 aromatic rings. The third kappa shape index (κ3) is 55.8. The van der Waals surface area contributed by atoms with Gasteiger partial charge >= 0.3 is 17.9 Å². The van der Waals surface area contributed by atoms with Gasteiger partial charge < -0.3 is 14.2 Å². The molecule has 0 spiro atoms. The summed E-state index contributed by atoms with van der Waals surface area (Å²) in [7, 11) is 0. The summed E-state index contributed by atoms with van der Waals surface area (Å²) in [6.45, 7) is 6.52. The Labute approximate surface area is 433 Å². The van der Waals surface area contributed by atoms with Crippen LogP contribution in [0.2, 0.25) is 0 Å². The van der Waals surface area contributed by atoms with E-state index < -0.39 is 6.10 Å². The highest BCUT2D eigenvalue weighted by Gasteiger charge is 2.19. The summed E-state index contributed by atoms with van der Waals surface area (Å²) >= 11 is 0. The monoisotopic (exact) mass is 977 g/mol. The van der Waals surface area contributed by atoms with Crippen molar-refractivity contribution >= 4 is 17.9 Å². The summed E-state index contributed by atoms with van der Waals surface area (Å²) in [5.74, 6) is -0.887. The number of ether oxygens (including phenoxy) is 3. The third-order valence-corrected chi connectivity index (χ3v) is 12.9. The Morgan fingerprint density at radius 3 is 0.900 bits per heavy atom. The van der Waals surface area contributed by atoms with Crippen LogP contribution in [0.5, 0.6) is 0 Å². The van der Waals surface area contributed by atoms with E-state index in [4.69, 9.17) is 14.2 Å². The SMILES string of the molecule is CC/C=C\C/C=C\C/C=C\C/C=C\C/C=C\CCCCCCCCCC(=O)OCC(COC(=O)CCCCCCC/C=C\CCCCCC)OC(=O)CCCCCCCCCCCCCCCCCC. The van der Waals surface area contributed by atoms with Gasteiger partial charge in [-0.1, -0.05) is 261 Å². The lowest BCUT2D eigenvalue weighted by Gasteiger charge is -2.18. The molecule has 0 radical (unpaired) electrons. The van der Waals surface area contributed by atoms with E-state index in [0.29, 0.717) is 19.3 Å². The fraction of sp³-hybridized carbons (Fsp3) is 0.766. The van der Waals surface area contributed by atoms with Gasteiger partial charge in [0.2, 0.25) is 0 Å². The van der Waals surface area contributed by atoms with Gasteiger partial charge in [0.05, 0.1) is 0 Å².